The molecule has 0 aromatic carbocycles. The smallest absolute Gasteiger partial charge is 0.186 e. The minimum atomic E-state index is 0.218. The fourth-order valence-electron chi connectivity index (χ4n) is 0.769. The van der Waals surface area contributed by atoms with E-state index in [4.69, 9.17) is 29.6 Å². The topological polar surface area (TPSA) is 75.3 Å². The molecule has 0 aliphatic rings. The molecule has 0 radical (unpaired) electrons. The number of amidine groups is 1. The van der Waals surface area contributed by atoms with Crippen molar-refractivity contribution in [3.8, 4) is 0 Å². The molecule has 0 fully saturated rings. The Kier molecular flexibility index (Phi) is 4.26. The lowest BCUT2D eigenvalue weighted by Gasteiger charge is -2.03. The number of nitrogens with two attached hydrogens (primary N) is 1. The molecule has 0 aliphatic heterocycles. The van der Waals surface area contributed by atoms with E-state index >= 15 is 0 Å². The number of nitrogens with zero attached hydrogens (tertiary/aromatic N) is 2. The molecule has 0 spiro atoms. The number of thiocarbonyl (C=S) groups is 1. The third-order valence-electron chi connectivity index (χ3n) is 1.49. The first-order valence-corrected chi connectivity index (χ1v) is 4.85. The van der Waals surface area contributed by atoms with Crippen LogP contribution >= 0.6 is 23.8 Å². The highest BCUT2D eigenvalue weighted by Gasteiger charge is 2.00. The molecule has 0 saturated heterocycles. The zero-order valence-corrected chi connectivity index (χ0v) is 9.56. The van der Waals surface area contributed by atoms with E-state index in [1.54, 1.807) is 25.4 Å². The normalized spacial score (nSPS) is 10.9. The average molecular weight is 244 g/mol. The summed E-state index contributed by atoms with van der Waals surface area (Å²) < 4.78 is 0. The van der Waals surface area contributed by atoms with Gasteiger partial charge in [0.05, 0.1) is 0 Å². The second kappa shape index (κ2) is 5.47. The van der Waals surface area contributed by atoms with Crippen molar-refractivity contribution in [1.29, 1.82) is 0 Å². The quantitative estimate of drug-likeness (QED) is 0.304. The monoisotopic (exact) mass is 243 g/mol. The maximum atomic E-state index is 5.77. The van der Waals surface area contributed by atoms with Gasteiger partial charge in [-0.3, -0.25) is 10.4 Å². The van der Waals surface area contributed by atoms with E-state index in [1.807, 2.05) is 0 Å². The van der Waals surface area contributed by atoms with Crippen LogP contribution < -0.4 is 16.5 Å². The fraction of sp³-hybridized carbons (Fsp3) is 0.125. The largest absolute Gasteiger partial charge is 0.380 e. The predicted octanol–water partition coefficient (Wildman–Crippen LogP) is 0.449. The minimum Gasteiger partial charge on any atom is -0.380 e. The molecular weight excluding hydrogens is 234 g/mol. The number of hydrazone groups is 1. The van der Waals surface area contributed by atoms with Gasteiger partial charge in [0.15, 0.2) is 10.9 Å². The van der Waals surface area contributed by atoms with Crippen molar-refractivity contribution in [3.05, 3.63) is 29.0 Å². The number of nitrogens with one attached hydrogen (secondary N) is 2. The van der Waals surface area contributed by atoms with Crippen molar-refractivity contribution < 1.29 is 0 Å². The highest BCUT2D eigenvalue weighted by atomic mass is 35.5. The van der Waals surface area contributed by atoms with Gasteiger partial charge in [-0.25, -0.2) is 0 Å². The molecule has 1 heterocycles. The van der Waals surface area contributed by atoms with E-state index in [1.165, 1.54) is 0 Å². The molecule has 1 aromatic rings. The van der Waals surface area contributed by atoms with Gasteiger partial charge in [-0.05, 0) is 24.4 Å². The minimum absolute atomic E-state index is 0.218. The van der Waals surface area contributed by atoms with Crippen LogP contribution in [0, 0.1) is 0 Å². The third-order valence-corrected chi connectivity index (χ3v) is 2.02. The van der Waals surface area contributed by atoms with E-state index in [0.29, 0.717) is 15.8 Å². The Morgan fingerprint density at radius 3 is 3.00 bits per heavy atom. The summed E-state index contributed by atoms with van der Waals surface area (Å²) in [6, 6.07) is 3.27. The van der Waals surface area contributed by atoms with Crippen LogP contribution in [0.5, 0.6) is 0 Å². The van der Waals surface area contributed by atoms with Crippen LogP contribution in [-0.4, -0.2) is 23.0 Å². The van der Waals surface area contributed by atoms with Gasteiger partial charge >= 0.3 is 0 Å². The van der Waals surface area contributed by atoms with Crippen LogP contribution in [0.15, 0.2) is 23.4 Å². The molecule has 15 heavy (non-hydrogen) atoms. The first-order valence-electron chi connectivity index (χ1n) is 4.06. The van der Waals surface area contributed by atoms with Gasteiger partial charge < -0.3 is 11.1 Å². The molecule has 0 aliphatic carbocycles. The summed E-state index contributed by atoms with van der Waals surface area (Å²) in [5.74, 6) is 0.218. The lowest BCUT2D eigenvalue weighted by atomic mass is 10.3. The lowest BCUT2D eigenvalue weighted by Crippen LogP contribution is -2.31. The number of hydrogen-bond donors (Lipinski definition) is 3. The van der Waals surface area contributed by atoms with E-state index in [-0.39, 0.29) is 5.84 Å². The number of hydrogen-bond acceptors (Lipinski definition) is 3. The predicted molar refractivity (Wildman–Crippen MR) is 64.8 cm³/mol. The Morgan fingerprint density at radius 2 is 2.40 bits per heavy atom. The van der Waals surface area contributed by atoms with E-state index in [9.17, 15) is 0 Å². The first kappa shape index (κ1) is 11.7. The molecule has 80 valence electrons. The maximum absolute atomic E-state index is 5.77. The van der Waals surface area contributed by atoms with Crippen LogP contribution in [0.3, 0.4) is 0 Å². The summed E-state index contributed by atoms with van der Waals surface area (Å²) in [4.78, 5) is 4.00. The van der Waals surface area contributed by atoms with E-state index < -0.39 is 0 Å². The van der Waals surface area contributed by atoms with Gasteiger partial charge in [-0.15, -0.1) is 0 Å². The summed E-state index contributed by atoms with van der Waals surface area (Å²) in [5.41, 5.74) is 8.69. The van der Waals surface area contributed by atoms with Gasteiger partial charge in [0.25, 0.3) is 0 Å². The van der Waals surface area contributed by atoms with Crippen molar-refractivity contribution in [2.45, 2.75) is 0 Å². The third kappa shape index (κ3) is 3.69. The van der Waals surface area contributed by atoms with Crippen LogP contribution in [0.4, 0.5) is 0 Å². The van der Waals surface area contributed by atoms with Crippen LogP contribution in [0.1, 0.15) is 5.69 Å². The maximum Gasteiger partial charge on any atom is 0.186 e. The molecular formula is C8H10ClN5S. The molecule has 1 rings (SSSR count). The number of aromatic nitrogens is 1. The van der Waals surface area contributed by atoms with Gasteiger partial charge in [-0.1, -0.05) is 11.6 Å². The number of rotatable bonds is 2. The highest BCUT2D eigenvalue weighted by Crippen LogP contribution is 2.07. The van der Waals surface area contributed by atoms with Crippen molar-refractivity contribution in [2.75, 3.05) is 7.05 Å². The van der Waals surface area contributed by atoms with Gasteiger partial charge in [-0.2, -0.15) is 5.10 Å². The zero-order valence-electron chi connectivity index (χ0n) is 7.99. The number of halogens is 1. The Morgan fingerprint density at radius 1 is 1.67 bits per heavy atom. The Labute approximate surface area is 97.7 Å². The van der Waals surface area contributed by atoms with Gasteiger partial charge in [0, 0.05) is 18.3 Å². The average Bonchev–Trinajstić information content (AvgIpc) is 2.25. The lowest BCUT2D eigenvalue weighted by molar-refractivity contribution is 0.969. The van der Waals surface area contributed by atoms with Gasteiger partial charge in [0.2, 0.25) is 0 Å². The molecule has 0 bridgehead atoms. The van der Waals surface area contributed by atoms with Crippen molar-refractivity contribution >= 4 is 34.8 Å². The second-order valence-electron chi connectivity index (χ2n) is 2.55. The number of pyridine rings is 1. The van der Waals surface area contributed by atoms with Crippen molar-refractivity contribution in [1.82, 2.24) is 15.7 Å². The van der Waals surface area contributed by atoms with Crippen molar-refractivity contribution in [2.24, 2.45) is 10.8 Å². The molecule has 7 heteroatoms. The summed E-state index contributed by atoms with van der Waals surface area (Å²) in [5, 5.41) is 7.45. The molecule has 1 aromatic heterocycles. The molecule has 0 atom stereocenters. The first-order chi connectivity index (χ1) is 7.13. The Balaban J connectivity index is 2.75. The van der Waals surface area contributed by atoms with Crippen molar-refractivity contribution in [3.63, 3.8) is 0 Å². The Bertz CT molecular complexity index is 392. The molecule has 0 amide bonds. The SMILES string of the molecule is CNC(=S)N/N=C(\N)c1cc(Cl)ccn1. The molecule has 0 unspecified atom stereocenters. The fourth-order valence-corrected chi connectivity index (χ4v) is 0.974. The van der Waals surface area contributed by atoms with Gasteiger partial charge in [0.1, 0.15) is 5.69 Å². The van der Waals surface area contributed by atoms with Crippen LogP contribution in [0.2, 0.25) is 5.02 Å². The summed E-state index contributed by atoms with van der Waals surface area (Å²) >= 11 is 10.6. The van der Waals surface area contributed by atoms with E-state index in [2.05, 4.69) is 20.8 Å². The van der Waals surface area contributed by atoms with Crippen LogP contribution in [-0.2, 0) is 0 Å². The summed E-state index contributed by atoms with van der Waals surface area (Å²) in [7, 11) is 1.68. The second-order valence-corrected chi connectivity index (χ2v) is 3.39. The molecule has 4 N–H and O–H groups in total. The van der Waals surface area contributed by atoms with E-state index in [0.717, 1.165) is 0 Å². The summed E-state index contributed by atoms with van der Waals surface area (Å²) in [6.45, 7) is 0. The zero-order chi connectivity index (χ0) is 11.3. The highest BCUT2D eigenvalue weighted by molar-refractivity contribution is 7.80. The molecule has 5 nitrogen and oxygen atoms in total. The summed E-state index contributed by atoms with van der Waals surface area (Å²) in [6.07, 6.45) is 1.55. The standard InChI is InChI=1S/C8H10ClN5S/c1-11-8(15)14-13-7(10)6-4-5(9)2-3-12-6/h2-4H,1H3,(H2,10,13)(H2,11,14,15). The van der Waals surface area contributed by atoms with Crippen LogP contribution in [0.25, 0.3) is 0 Å². The Hall–Kier alpha value is -1.40. The molecule has 0 saturated carbocycles.